The van der Waals surface area contributed by atoms with Crippen molar-refractivity contribution in [3.8, 4) is 0 Å². The third-order valence-corrected chi connectivity index (χ3v) is 7.35. The summed E-state index contributed by atoms with van der Waals surface area (Å²) < 4.78 is 0. The maximum atomic E-state index is 12.8. The summed E-state index contributed by atoms with van der Waals surface area (Å²) in [7, 11) is 3.86. The van der Waals surface area contributed by atoms with Crippen molar-refractivity contribution in [1.82, 2.24) is 9.80 Å². The van der Waals surface area contributed by atoms with Gasteiger partial charge in [-0.3, -0.25) is 33.8 Å². The van der Waals surface area contributed by atoms with Crippen LogP contribution in [0.25, 0.3) is 12.2 Å². The minimum absolute atomic E-state index is 0.0850. The van der Waals surface area contributed by atoms with Crippen LogP contribution >= 0.6 is 23.5 Å². The number of amides is 5. The second-order valence-electron chi connectivity index (χ2n) is 8.46. The normalized spacial score (nSPS) is 17.9. The minimum atomic E-state index is -0.482. The van der Waals surface area contributed by atoms with E-state index in [0.29, 0.717) is 16.2 Å². The Labute approximate surface area is 222 Å². The number of nitrogens with zero attached hydrogens (tertiary/aromatic N) is 3. The van der Waals surface area contributed by atoms with Gasteiger partial charge in [0, 0.05) is 45.5 Å². The first-order valence-corrected chi connectivity index (χ1v) is 12.9. The highest BCUT2D eigenvalue weighted by Gasteiger charge is 2.39. The molecule has 37 heavy (non-hydrogen) atoms. The van der Waals surface area contributed by atoms with Crippen molar-refractivity contribution in [3.05, 3.63) is 69.5 Å². The number of imide groups is 2. The van der Waals surface area contributed by atoms with E-state index in [9.17, 15) is 24.0 Å². The second-order valence-corrected chi connectivity index (χ2v) is 10.4. The number of anilines is 2. The third-order valence-electron chi connectivity index (χ3n) is 5.53. The minimum Gasteiger partial charge on any atom is -0.378 e. The van der Waals surface area contributed by atoms with Gasteiger partial charge in [-0.1, -0.05) is 24.3 Å². The molecule has 0 saturated carbocycles. The van der Waals surface area contributed by atoms with Crippen molar-refractivity contribution in [3.63, 3.8) is 0 Å². The number of nitrogens with one attached hydrogen (secondary N) is 1. The monoisotopic (exact) mass is 536 g/mol. The summed E-state index contributed by atoms with van der Waals surface area (Å²) in [6.07, 6.45) is 3.25. The summed E-state index contributed by atoms with van der Waals surface area (Å²) in [4.78, 5) is 66.4. The lowest BCUT2D eigenvalue weighted by molar-refractivity contribution is -0.125. The molecule has 2 aliphatic heterocycles. The number of thioether (sulfide) groups is 2. The van der Waals surface area contributed by atoms with Gasteiger partial charge in [-0.25, -0.2) is 0 Å². The summed E-state index contributed by atoms with van der Waals surface area (Å²) >= 11 is 1.64. The molecule has 0 aromatic heterocycles. The van der Waals surface area contributed by atoms with Crippen molar-refractivity contribution >= 4 is 75.3 Å². The standard InChI is InChI=1S/C26H24N4O5S2/c1-16(31)27-19-8-4-17(5-9-19)14-21-23(32)29(25(34)36-21)12-13-30-24(33)22(37-26(30)35)15-18-6-10-20(11-7-18)28(2)3/h4-11,14-15H,12-13H2,1-3H3,(H,27,31)/b21-14-,22-15-. The zero-order valence-corrected chi connectivity index (χ0v) is 22.0. The molecule has 2 heterocycles. The highest BCUT2D eigenvalue weighted by atomic mass is 32.2. The number of benzene rings is 2. The molecule has 0 radical (unpaired) electrons. The number of rotatable bonds is 7. The van der Waals surface area contributed by atoms with Crippen LogP contribution in [0.4, 0.5) is 21.0 Å². The second kappa shape index (κ2) is 11.1. The average molecular weight is 537 g/mol. The van der Waals surface area contributed by atoms with E-state index in [0.717, 1.165) is 44.6 Å². The van der Waals surface area contributed by atoms with Gasteiger partial charge >= 0.3 is 0 Å². The molecule has 190 valence electrons. The molecule has 4 rings (SSSR count). The zero-order valence-electron chi connectivity index (χ0n) is 20.4. The Morgan fingerprint density at radius 3 is 1.62 bits per heavy atom. The molecule has 0 atom stereocenters. The topological polar surface area (TPSA) is 107 Å². The van der Waals surface area contributed by atoms with E-state index in [1.807, 2.05) is 43.3 Å². The molecule has 2 fully saturated rings. The SMILES string of the molecule is CC(=O)Nc1ccc(/C=C2\SC(=O)N(CCN3C(=O)S/C(=C\c4ccc(N(C)C)cc4)C3=O)C2=O)cc1. The molecule has 0 bridgehead atoms. The van der Waals surface area contributed by atoms with E-state index in [1.165, 1.54) is 6.92 Å². The quantitative estimate of drug-likeness (QED) is 0.516. The van der Waals surface area contributed by atoms with Crippen molar-refractivity contribution in [2.24, 2.45) is 0 Å². The molecule has 2 aromatic carbocycles. The Hall–Kier alpha value is -3.83. The first-order chi connectivity index (χ1) is 17.6. The lowest BCUT2D eigenvalue weighted by Crippen LogP contribution is -2.39. The van der Waals surface area contributed by atoms with Crippen molar-refractivity contribution in [1.29, 1.82) is 0 Å². The van der Waals surface area contributed by atoms with E-state index in [1.54, 1.807) is 36.4 Å². The average Bonchev–Trinajstić information content (AvgIpc) is 3.27. The maximum Gasteiger partial charge on any atom is 0.293 e. The number of carbonyl (C=O) groups is 5. The zero-order chi connectivity index (χ0) is 26.7. The first kappa shape index (κ1) is 26.2. The van der Waals surface area contributed by atoms with Gasteiger partial charge in [-0.05, 0) is 71.1 Å². The molecule has 0 unspecified atom stereocenters. The Morgan fingerprint density at radius 1 is 0.784 bits per heavy atom. The molecule has 0 spiro atoms. The highest BCUT2D eigenvalue weighted by Crippen LogP contribution is 2.34. The summed E-state index contributed by atoms with van der Waals surface area (Å²) in [5.74, 6) is -1.12. The van der Waals surface area contributed by atoms with Gasteiger partial charge in [0.2, 0.25) is 5.91 Å². The molecule has 2 aromatic rings. The van der Waals surface area contributed by atoms with Crippen LogP contribution in [0.5, 0.6) is 0 Å². The fraction of sp³-hybridized carbons (Fsp3) is 0.192. The highest BCUT2D eigenvalue weighted by molar-refractivity contribution is 8.18. The van der Waals surface area contributed by atoms with Gasteiger partial charge in [0.25, 0.3) is 22.3 Å². The van der Waals surface area contributed by atoms with E-state index in [-0.39, 0.29) is 23.9 Å². The van der Waals surface area contributed by atoms with E-state index >= 15 is 0 Å². The lowest BCUT2D eigenvalue weighted by atomic mass is 10.2. The van der Waals surface area contributed by atoms with Gasteiger partial charge in [0.05, 0.1) is 9.81 Å². The van der Waals surface area contributed by atoms with Crippen molar-refractivity contribution in [2.75, 3.05) is 37.4 Å². The Kier molecular flexibility index (Phi) is 7.84. The van der Waals surface area contributed by atoms with Gasteiger partial charge < -0.3 is 10.2 Å². The largest absolute Gasteiger partial charge is 0.378 e. The summed E-state index contributed by atoms with van der Waals surface area (Å²) in [6, 6.07) is 14.4. The Bertz CT molecular complexity index is 1330. The molecule has 5 amide bonds. The summed E-state index contributed by atoms with van der Waals surface area (Å²) in [5, 5.41) is 1.76. The lowest BCUT2D eigenvalue weighted by Gasteiger charge is -2.17. The predicted octanol–water partition coefficient (Wildman–Crippen LogP) is 4.48. The molecule has 0 aliphatic carbocycles. The number of hydrogen-bond acceptors (Lipinski definition) is 8. The number of hydrogen-bond donors (Lipinski definition) is 1. The first-order valence-electron chi connectivity index (χ1n) is 11.3. The molecule has 2 aliphatic rings. The van der Waals surface area contributed by atoms with E-state index < -0.39 is 22.3 Å². The Morgan fingerprint density at radius 2 is 1.22 bits per heavy atom. The molecular weight excluding hydrogens is 512 g/mol. The van der Waals surface area contributed by atoms with Gasteiger partial charge in [0.15, 0.2) is 0 Å². The molecule has 2 saturated heterocycles. The third kappa shape index (κ3) is 6.12. The van der Waals surface area contributed by atoms with Crippen LogP contribution < -0.4 is 10.2 Å². The van der Waals surface area contributed by atoms with Crippen molar-refractivity contribution in [2.45, 2.75) is 6.92 Å². The Balaban J connectivity index is 1.39. The smallest absolute Gasteiger partial charge is 0.293 e. The van der Waals surface area contributed by atoms with Crippen LogP contribution in [-0.4, -0.2) is 65.2 Å². The van der Waals surface area contributed by atoms with Crippen LogP contribution in [0.15, 0.2) is 58.3 Å². The van der Waals surface area contributed by atoms with E-state index in [2.05, 4.69) is 5.32 Å². The molecule has 1 N–H and O–H groups in total. The van der Waals surface area contributed by atoms with Crippen LogP contribution in [0.1, 0.15) is 18.1 Å². The molecule has 11 heteroatoms. The molecular formula is C26H24N4O5S2. The van der Waals surface area contributed by atoms with Crippen LogP contribution in [0.2, 0.25) is 0 Å². The van der Waals surface area contributed by atoms with Gasteiger partial charge in [-0.2, -0.15) is 0 Å². The summed E-state index contributed by atoms with van der Waals surface area (Å²) in [5.41, 5.74) is 3.11. The maximum absolute atomic E-state index is 12.8. The van der Waals surface area contributed by atoms with Crippen LogP contribution in [0, 0.1) is 0 Å². The van der Waals surface area contributed by atoms with Gasteiger partial charge in [0.1, 0.15) is 0 Å². The van der Waals surface area contributed by atoms with Crippen LogP contribution in [0.3, 0.4) is 0 Å². The van der Waals surface area contributed by atoms with Crippen LogP contribution in [-0.2, 0) is 14.4 Å². The van der Waals surface area contributed by atoms with E-state index in [4.69, 9.17) is 0 Å². The fourth-order valence-corrected chi connectivity index (χ4v) is 5.35. The van der Waals surface area contributed by atoms with Gasteiger partial charge in [-0.15, -0.1) is 0 Å². The fourth-order valence-electron chi connectivity index (χ4n) is 3.62. The molecule has 9 nitrogen and oxygen atoms in total. The summed E-state index contributed by atoms with van der Waals surface area (Å²) in [6.45, 7) is 1.23. The number of carbonyl (C=O) groups excluding carboxylic acids is 5. The predicted molar refractivity (Wildman–Crippen MR) is 147 cm³/mol. The van der Waals surface area contributed by atoms with Crippen molar-refractivity contribution < 1.29 is 24.0 Å².